The summed E-state index contributed by atoms with van der Waals surface area (Å²) in [5.74, 6) is 0.558. The van der Waals surface area contributed by atoms with Crippen LogP contribution in [0.2, 0.25) is 0 Å². The molecule has 3 aromatic carbocycles. The van der Waals surface area contributed by atoms with Gasteiger partial charge in [-0.1, -0.05) is 91.1 Å². The van der Waals surface area contributed by atoms with Crippen LogP contribution in [0.25, 0.3) is 4.91 Å². The molecule has 1 unspecified atom stereocenters. The van der Waals surface area contributed by atoms with Crippen LogP contribution < -0.4 is 0 Å². The molecule has 1 aliphatic rings. The van der Waals surface area contributed by atoms with Gasteiger partial charge in [0.25, 0.3) is 0 Å². The SMILES string of the molecule is CC1CC(Sc2ccccc2)=C(Sc2ccccc2)c2ccccc21. The highest BCUT2D eigenvalue weighted by atomic mass is 32.2. The fourth-order valence-corrected chi connectivity index (χ4v) is 5.59. The normalized spacial score (nSPS) is 16.6. The van der Waals surface area contributed by atoms with Gasteiger partial charge in [-0.3, -0.25) is 0 Å². The fraction of sp³-hybridized carbons (Fsp3) is 0.130. The molecule has 0 amide bonds. The number of rotatable bonds is 4. The van der Waals surface area contributed by atoms with E-state index < -0.39 is 0 Å². The topological polar surface area (TPSA) is 0 Å². The minimum atomic E-state index is 0.558. The second-order valence-electron chi connectivity index (χ2n) is 6.27. The Bertz CT molecular complexity index is 882. The zero-order chi connectivity index (χ0) is 17.1. The number of fused-ring (bicyclic) bond motifs is 1. The van der Waals surface area contributed by atoms with Gasteiger partial charge in [-0.05, 0) is 47.7 Å². The lowest BCUT2D eigenvalue weighted by Gasteiger charge is -2.27. The van der Waals surface area contributed by atoms with Crippen LogP contribution in [0.1, 0.15) is 30.4 Å². The molecule has 1 aliphatic carbocycles. The lowest BCUT2D eigenvalue weighted by molar-refractivity contribution is 0.763. The predicted molar refractivity (Wildman–Crippen MR) is 111 cm³/mol. The van der Waals surface area contributed by atoms with Crippen LogP contribution in [0.4, 0.5) is 0 Å². The first-order valence-corrected chi connectivity index (χ1v) is 10.2. The maximum absolute atomic E-state index is 2.34. The van der Waals surface area contributed by atoms with Gasteiger partial charge in [0.1, 0.15) is 0 Å². The minimum absolute atomic E-state index is 0.558. The van der Waals surface area contributed by atoms with Crippen LogP contribution in [0.5, 0.6) is 0 Å². The summed E-state index contributed by atoms with van der Waals surface area (Å²) >= 11 is 3.81. The predicted octanol–water partition coefficient (Wildman–Crippen LogP) is 7.45. The van der Waals surface area contributed by atoms with Crippen molar-refractivity contribution >= 4 is 28.4 Å². The molecule has 1 atom stereocenters. The van der Waals surface area contributed by atoms with Crippen molar-refractivity contribution in [1.82, 2.24) is 0 Å². The Morgan fingerprint density at radius 1 is 0.680 bits per heavy atom. The van der Waals surface area contributed by atoms with Crippen LogP contribution in [0.15, 0.2) is 99.6 Å². The first-order valence-electron chi connectivity index (χ1n) is 8.59. The van der Waals surface area contributed by atoms with Crippen molar-refractivity contribution in [3.63, 3.8) is 0 Å². The van der Waals surface area contributed by atoms with E-state index in [1.165, 1.54) is 30.7 Å². The second-order valence-corrected chi connectivity index (χ2v) is 8.53. The molecule has 0 bridgehead atoms. The molecule has 4 rings (SSSR count). The summed E-state index contributed by atoms with van der Waals surface area (Å²) in [5.41, 5.74) is 2.87. The van der Waals surface area contributed by atoms with Crippen molar-refractivity contribution in [2.75, 3.05) is 0 Å². The molecule has 0 saturated carbocycles. The molecule has 0 saturated heterocycles. The van der Waals surface area contributed by atoms with Gasteiger partial charge < -0.3 is 0 Å². The Hall–Kier alpha value is -1.90. The van der Waals surface area contributed by atoms with Gasteiger partial charge in [-0.15, -0.1) is 0 Å². The van der Waals surface area contributed by atoms with Gasteiger partial charge in [-0.2, -0.15) is 0 Å². The number of allylic oxidation sites excluding steroid dienone is 1. The standard InChI is InChI=1S/C23H20S2/c1-17-16-22(24-18-10-4-2-5-11-18)23(21-15-9-8-14-20(17)21)25-19-12-6-3-7-13-19/h2-15,17H,16H2,1H3. The Morgan fingerprint density at radius 2 is 1.24 bits per heavy atom. The molecule has 0 aromatic heterocycles. The Balaban J connectivity index is 1.79. The minimum Gasteiger partial charge on any atom is -0.0933 e. The smallest absolute Gasteiger partial charge is 0.0296 e. The lowest BCUT2D eigenvalue weighted by atomic mass is 9.88. The average Bonchev–Trinajstić information content (AvgIpc) is 2.67. The van der Waals surface area contributed by atoms with Gasteiger partial charge in [0, 0.05) is 19.6 Å². The van der Waals surface area contributed by atoms with E-state index in [2.05, 4.69) is 91.9 Å². The van der Waals surface area contributed by atoms with Crippen molar-refractivity contribution in [3.05, 3.63) is 101 Å². The fourth-order valence-electron chi connectivity index (χ4n) is 3.20. The van der Waals surface area contributed by atoms with Gasteiger partial charge in [0.15, 0.2) is 0 Å². The molecule has 2 heteroatoms. The molecular formula is C23H20S2. The Morgan fingerprint density at radius 3 is 1.92 bits per heavy atom. The Kier molecular flexibility index (Phi) is 5.00. The summed E-state index contributed by atoms with van der Waals surface area (Å²) in [5, 5.41) is 0. The van der Waals surface area contributed by atoms with E-state index >= 15 is 0 Å². The second kappa shape index (κ2) is 7.55. The number of thioether (sulfide) groups is 2. The van der Waals surface area contributed by atoms with Crippen molar-refractivity contribution < 1.29 is 0 Å². The molecule has 0 fully saturated rings. The molecule has 124 valence electrons. The average molecular weight is 361 g/mol. The van der Waals surface area contributed by atoms with Crippen molar-refractivity contribution in [2.24, 2.45) is 0 Å². The summed E-state index contributed by atoms with van der Waals surface area (Å²) in [7, 11) is 0. The van der Waals surface area contributed by atoms with Gasteiger partial charge in [0.05, 0.1) is 0 Å². The summed E-state index contributed by atoms with van der Waals surface area (Å²) in [6.45, 7) is 2.34. The first-order chi connectivity index (χ1) is 12.3. The van der Waals surface area contributed by atoms with Crippen LogP contribution in [0, 0.1) is 0 Å². The molecule has 0 N–H and O–H groups in total. The van der Waals surface area contributed by atoms with Gasteiger partial charge in [0.2, 0.25) is 0 Å². The Labute approximate surface area is 158 Å². The summed E-state index contributed by atoms with van der Waals surface area (Å²) in [6, 6.07) is 30.3. The molecule has 0 radical (unpaired) electrons. The van der Waals surface area contributed by atoms with Crippen molar-refractivity contribution in [3.8, 4) is 0 Å². The third kappa shape index (κ3) is 3.70. The van der Waals surface area contributed by atoms with Crippen LogP contribution in [-0.4, -0.2) is 0 Å². The molecule has 0 heterocycles. The zero-order valence-corrected chi connectivity index (χ0v) is 15.8. The maximum atomic E-state index is 2.34. The number of benzene rings is 3. The number of hydrogen-bond acceptors (Lipinski definition) is 2. The van der Waals surface area contributed by atoms with Crippen LogP contribution >= 0.6 is 23.5 Å². The van der Waals surface area contributed by atoms with Crippen molar-refractivity contribution in [1.29, 1.82) is 0 Å². The third-order valence-corrected chi connectivity index (χ3v) is 6.86. The highest BCUT2D eigenvalue weighted by molar-refractivity contribution is 8.10. The molecule has 0 aliphatic heterocycles. The molecular weight excluding hydrogens is 340 g/mol. The van der Waals surface area contributed by atoms with E-state index in [-0.39, 0.29) is 0 Å². The highest BCUT2D eigenvalue weighted by Gasteiger charge is 2.25. The third-order valence-electron chi connectivity index (χ3n) is 4.43. The van der Waals surface area contributed by atoms with Gasteiger partial charge in [-0.25, -0.2) is 0 Å². The number of hydrogen-bond donors (Lipinski definition) is 0. The zero-order valence-electron chi connectivity index (χ0n) is 14.2. The quantitative estimate of drug-likeness (QED) is 0.474. The van der Waals surface area contributed by atoms with Crippen LogP contribution in [-0.2, 0) is 0 Å². The van der Waals surface area contributed by atoms with Crippen LogP contribution in [0.3, 0.4) is 0 Å². The monoisotopic (exact) mass is 360 g/mol. The van der Waals surface area contributed by atoms with E-state index in [4.69, 9.17) is 0 Å². The van der Waals surface area contributed by atoms with E-state index in [0.717, 1.165) is 6.42 Å². The summed E-state index contributed by atoms with van der Waals surface area (Å²) in [6.07, 6.45) is 1.10. The largest absolute Gasteiger partial charge is 0.0933 e. The van der Waals surface area contributed by atoms with Crippen molar-refractivity contribution in [2.45, 2.75) is 29.1 Å². The lowest BCUT2D eigenvalue weighted by Crippen LogP contribution is -2.06. The van der Waals surface area contributed by atoms with E-state index in [9.17, 15) is 0 Å². The van der Waals surface area contributed by atoms with Gasteiger partial charge >= 0.3 is 0 Å². The molecule has 0 spiro atoms. The van der Waals surface area contributed by atoms with E-state index in [1.54, 1.807) is 0 Å². The first kappa shape index (κ1) is 16.6. The van der Waals surface area contributed by atoms with E-state index in [0.29, 0.717) is 5.92 Å². The highest BCUT2D eigenvalue weighted by Crippen LogP contribution is 2.50. The molecule has 0 nitrogen and oxygen atoms in total. The molecule has 3 aromatic rings. The summed E-state index contributed by atoms with van der Waals surface area (Å²) in [4.78, 5) is 5.50. The maximum Gasteiger partial charge on any atom is 0.0296 e. The van der Waals surface area contributed by atoms with E-state index in [1.807, 2.05) is 23.5 Å². The molecule has 25 heavy (non-hydrogen) atoms. The summed E-state index contributed by atoms with van der Waals surface area (Å²) < 4.78 is 0.